The third-order valence-electron chi connectivity index (χ3n) is 5.10. The van der Waals surface area contributed by atoms with Crippen molar-refractivity contribution >= 4 is 21.6 Å². The van der Waals surface area contributed by atoms with E-state index in [0.717, 1.165) is 24.0 Å². The quantitative estimate of drug-likeness (QED) is 0.597. The first kappa shape index (κ1) is 22.9. The fraction of sp³-hybridized carbons (Fsp3) is 0.435. The van der Waals surface area contributed by atoms with Crippen LogP contribution in [0.15, 0.2) is 42.5 Å². The molecule has 0 spiro atoms. The van der Waals surface area contributed by atoms with Crippen molar-refractivity contribution in [2.24, 2.45) is 0 Å². The summed E-state index contributed by atoms with van der Waals surface area (Å²) in [7, 11) is -3.41. The smallest absolute Gasteiger partial charge is 0.232 e. The first-order valence-electron chi connectivity index (χ1n) is 10.0. The van der Waals surface area contributed by atoms with E-state index in [9.17, 15) is 13.2 Å². The standard InChI is InChI=1S/C23H32N2O3S/c1-18-12-14-21(15-13-18)9-6-16-24-23(26)11-7-17-25(29(4,27)28)22-10-5-8-19(2)20(22)3/h5,8,10,12-15H,6-7,9,11,16-17H2,1-4H3,(H,24,26). The molecule has 29 heavy (non-hydrogen) atoms. The van der Waals surface area contributed by atoms with Crippen molar-refractivity contribution in [2.45, 2.75) is 46.5 Å². The molecule has 0 bridgehead atoms. The van der Waals surface area contributed by atoms with E-state index >= 15 is 0 Å². The van der Waals surface area contributed by atoms with E-state index in [4.69, 9.17) is 0 Å². The van der Waals surface area contributed by atoms with Gasteiger partial charge in [-0.3, -0.25) is 9.10 Å². The predicted octanol–water partition coefficient (Wildman–Crippen LogP) is 3.91. The SMILES string of the molecule is Cc1ccc(CCCNC(=O)CCCN(c2cccc(C)c2C)S(C)(=O)=O)cc1. The number of hydrogen-bond donors (Lipinski definition) is 1. The Hall–Kier alpha value is -2.34. The molecule has 0 fully saturated rings. The lowest BCUT2D eigenvalue weighted by atomic mass is 10.1. The Labute approximate surface area is 175 Å². The van der Waals surface area contributed by atoms with Crippen LogP contribution in [-0.4, -0.2) is 33.7 Å². The normalized spacial score (nSPS) is 11.3. The van der Waals surface area contributed by atoms with E-state index in [1.165, 1.54) is 21.7 Å². The van der Waals surface area contributed by atoms with Crippen molar-refractivity contribution in [2.75, 3.05) is 23.7 Å². The minimum absolute atomic E-state index is 0.0386. The van der Waals surface area contributed by atoms with Crippen LogP contribution in [0.3, 0.4) is 0 Å². The maximum Gasteiger partial charge on any atom is 0.232 e. The molecular weight excluding hydrogens is 384 g/mol. The summed E-state index contributed by atoms with van der Waals surface area (Å²) in [5.74, 6) is -0.0386. The van der Waals surface area contributed by atoms with Crippen molar-refractivity contribution in [1.82, 2.24) is 5.32 Å². The monoisotopic (exact) mass is 416 g/mol. The summed E-state index contributed by atoms with van der Waals surface area (Å²) in [6.07, 6.45) is 3.80. The number of carbonyl (C=O) groups excluding carboxylic acids is 1. The van der Waals surface area contributed by atoms with Gasteiger partial charge in [0.05, 0.1) is 11.9 Å². The molecule has 1 amide bonds. The van der Waals surface area contributed by atoms with Gasteiger partial charge in [0.25, 0.3) is 0 Å². The van der Waals surface area contributed by atoms with E-state index in [2.05, 4.69) is 36.5 Å². The number of sulfonamides is 1. The molecule has 2 aromatic carbocycles. The number of benzene rings is 2. The lowest BCUT2D eigenvalue weighted by molar-refractivity contribution is -0.121. The number of nitrogens with one attached hydrogen (secondary N) is 1. The number of aryl methyl sites for hydroxylation is 3. The topological polar surface area (TPSA) is 66.5 Å². The zero-order valence-corrected chi connectivity index (χ0v) is 18.7. The maximum atomic E-state index is 12.3. The number of hydrogen-bond acceptors (Lipinski definition) is 3. The van der Waals surface area contributed by atoms with E-state index in [-0.39, 0.29) is 5.91 Å². The van der Waals surface area contributed by atoms with Gasteiger partial charge in [-0.2, -0.15) is 0 Å². The molecule has 0 atom stereocenters. The van der Waals surface area contributed by atoms with Crippen LogP contribution in [-0.2, 0) is 21.2 Å². The lowest BCUT2D eigenvalue weighted by Gasteiger charge is -2.24. The zero-order valence-electron chi connectivity index (χ0n) is 17.9. The van der Waals surface area contributed by atoms with Crippen molar-refractivity contribution in [3.05, 3.63) is 64.7 Å². The van der Waals surface area contributed by atoms with Gasteiger partial charge >= 0.3 is 0 Å². The molecule has 5 nitrogen and oxygen atoms in total. The van der Waals surface area contributed by atoms with Crippen LogP contribution in [0.5, 0.6) is 0 Å². The fourth-order valence-corrected chi connectivity index (χ4v) is 4.23. The van der Waals surface area contributed by atoms with E-state index in [1.807, 2.05) is 32.0 Å². The summed E-state index contributed by atoms with van der Waals surface area (Å²) in [6.45, 7) is 6.86. The Morgan fingerprint density at radius 3 is 2.34 bits per heavy atom. The second-order valence-electron chi connectivity index (χ2n) is 7.60. The van der Waals surface area contributed by atoms with Crippen LogP contribution in [0.2, 0.25) is 0 Å². The minimum atomic E-state index is -3.41. The number of anilines is 1. The third-order valence-corrected chi connectivity index (χ3v) is 6.28. The molecule has 0 saturated heterocycles. The third kappa shape index (κ3) is 7.20. The van der Waals surface area contributed by atoms with Crippen LogP contribution in [0.25, 0.3) is 0 Å². The first-order chi connectivity index (χ1) is 13.7. The molecule has 2 aromatic rings. The first-order valence-corrected chi connectivity index (χ1v) is 11.9. The van der Waals surface area contributed by atoms with Crippen LogP contribution in [0.4, 0.5) is 5.69 Å². The number of amides is 1. The van der Waals surface area contributed by atoms with Gasteiger partial charge in [0.2, 0.25) is 15.9 Å². The molecule has 0 unspecified atom stereocenters. The van der Waals surface area contributed by atoms with Crippen LogP contribution >= 0.6 is 0 Å². The molecule has 0 aliphatic carbocycles. The van der Waals surface area contributed by atoms with Gasteiger partial charge < -0.3 is 5.32 Å². The number of carbonyl (C=O) groups is 1. The van der Waals surface area contributed by atoms with Crippen LogP contribution in [0, 0.1) is 20.8 Å². The highest BCUT2D eigenvalue weighted by atomic mass is 32.2. The molecule has 0 saturated carbocycles. The van der Waals surface area contributed by atoms with Crippen LogP contribution in [0.1, 0.15) is 41.5 Å². The van der Waals surface area contributed by atoms with Gasteiger partial charge in [-0.05, 0) is 62.8 Å². The summed E-state index contributed by atoms with van der Waals surface area (Å²) in [5.41, 5.74) is 5.18. The Balaban J connectivity index is 1.79. The van der Waals surface area contributed by atoms with Gasteiger partial charge in [0, 0.05) is 19.5 Å². The molecule has 0 aliphatic rings. The fourth-order valence-electron chi connectivity index (χ4n) is 3.22. The van der Waals surface area contributed by atoms with Gasteiger partial charge in [-0.1, -0.05) is 42.0 Å². The average molecular weight is 417 g/mol. The molecule has 0 aromatic heterocycles. The molecular formula is C23H32N2O3S. The molecule has 0 heterocycles. The predicted molar refractivity (Wildman–Crippen MR) is 120 cm³/mol. The van der Waals surface area contributed by atoms with Gasteiger partial charge in [0.15, 0.2) is 0 Å². The Morgan fingerprint density at radius 2 is 1.69 bits per heavy atom. The molecule has 6 heteroatoms. The Bertz CT molecular complexity index is 922. The largest absolute Gasteiger partial charge is 0.356 e. The lowest BCUT2D eigenvalue weighted by Crippen LogP contribution is -2.33. The minimum Gasteiger partial charge on any atom is -0.356 e. The van der Waals surface area contributed by atoms with E-state index in [1.54, 1.807) is 0 Å². The summed E-state index contributed by atoms with van der Waals surface area (Å²) in [4.78, 5) is 12.1. The van der Waals surface area contributed by atoms with Crippen LogP contribution < -0.4 is 9.62 Å². The molecule has 1 N–H and O–H groups in total. The average Bonchev–Trinajstić information content (AvgIpc) is 2.65. The number of rotatable bonds is 10. The summed E-state index contributed by atoms with van der Waals surface area (Å²) in [6, 6.07) is 14.1. The van der Waals surface area contributed by atoms with E-state index in [0.29, 0.717) is 31.6 Å². The highest BCUT2D eigenvalue weighted by Crippen LogP contribution is 2.25. The summed E-state index contributed by atoms with van der Waals surface area (Å²) < 4.78 is 25.9. The van der Waals surface area contributed by atoms with Gasteiger partial charge in [-0.25, -0.2) is 8.42 Å². The summed E-state index contributed by atoms with van der Waals surface area (Å²) in [5, 5.41) is 2.93. The van der Waals surface area contributed by atoms with Crippen molar-refractivity contribution in [1.29, 1.82) is 0 Å². The van der Waals surface area contributed by atoms with Gasteiger partial charge in [-0.15, -0.1) is 0 Å². The number of nitrogens with zero attached hydrogens (tertiary/aromatic N) is 1. The second kappa shape index (κ2) is 10.4. The Kier molecular flexibility index (Phi) is 8.26. The van der Waals surface area contributed by atoms with E-state index < -0.39 is 10.0 Å². The molecule has 0 aliphatic heterocycles. The highest BCUT2D eigenvalue weighted by Gasteiger charge is 2.19. The van der Waals surface area contributed by atoms with Crippen molar-refractivity contribution in [3.8, 4) is 0 Å². The summed E-state index contributed by atoms with van der Waals surface area (Å²) >= 11 is 0. The molecule has 2 rings (SSSR count). The highest BCUT2D eigenvalue weighted by molar-refractivity contribution is 7.92. The molecule has 0 radical (unpaired) electrons. The Morgan fingerprint density at radius 1 is 1.00 bits per heavy atom. The van der Waals surface area contributed by atoms with Crippen molar-refractivity contribution in [3.63, 3.8) is 0 Å². The van der Waals surface area contributed by atoms with Gasteiger partial charge in [0.1, 0.15) is 0 Å². The maximum absolute atomic E-state index is 12.3. The second-order valence-corrected chi connectivity index (χ2v) is 9.50. The van der Waals surface area contributed by atoms with Crippen molar-refractivity contribution < 1.29 is 13.2 Å². The zero-order chi connectivity index (χ0) is 21.4. The molecule has 158 valence electrons.